The number of aromatic nitrogens is 2. The van der Waals surface area contributed by atoms with Gasteiger partial charge in [-0.3, -0.25) is 14.4 Å². The highest BCUT2D eigenvalue weighted by molar-refractivity contribution is 6.02. The molecule has 2 aromatic heterocycles. The van der Waals surface area contributed by atoms with E-state index in [1.807, 2.05) is 0 Å². The summed E-state index contributed by atoms with van der Waals surface area (Å²) in [6.45, 7) is 6.37. The first-order valence-electron chi connectivity index (χ1n) is 9.35. The number of allylic oxidation sites excluding steroid dienone is 2. The SMILES string of the molecule is C=c1cc(C=O)[nH]/c1=C/C=C(\C)NC(=O)c1cc2cc(C(=O)NCCN)ccc2[nH]1. The molecule has 154 valence electrons. The number of aldehydes is 1. The van der Waals surface area contributed by atoms with Gasteiger partial charge >= 0.3 is 0 Å². The van der Waals surface area contributed by atoms with E-state index in [4.69, 9.17) is 5.73 Å². The van der Waals surface area contributed by atoms with Crippen LogP contribution in [0.4, 0.5) is 0 Å². The van der Waals surface area contributed by atoms with E-state index in [0.29, 0.717) is 52.6 Å². The minimum atomic E-state index is -0.308. The number of carbonyl (C=O) groups excluding carboxylic acids is 3. The lowest BCUT2D eigenvalue weighted by atomic mass is 10.1. The third-order valence-electron chi connectivity index (χ3n) is 4.45. The van der Waals surface area contributed by atoms with Crippen LogP contribution in [-0.2, 0) is 0 Å². The monoisotopic (exact) mass is 405 g/mol. The second kappa shape index (κ2) is 9.06. The van der Waals surface area contributed by atoms with Crippen molar-refractivity contribution >= 4 is 41.7 Å². The van der Waals surface area contributed by atoms with Crippen LogP contribution < -0.4 is 26.9 Å². The molecule has 8 nitrogen and oxygen atoms in total. The lowest BCUT2D eigenvalue weighted by Gasteiger charge is -2.03. The van der Waals surface area contributed by atoms with Crippen LogP contribution in [-0.4, -0.2) is 41.2 Å². The van der Waals surface area contributed by atoms with E-state index >= 15 is 0 Å². The number of fused-ring (bicyclic) bond motifs is 1. The summed E-state index contributed by atoms with van der Waals surface area (Å²) < 4.78 is 0. The van der Waals surface area contributed by atoms with Gasteiger partial charge in [-0.15, -0.1) is 0 Å². The minimum absolute atomic E-state index is 0.212. The molecule has 0 bridgehead atoms. The molecule has 2 heterocycles. The number of nitrogens with two attached hydrogens (primary N) is 1. The van der Waals surface area contributed by atoms with Gasteiger partial charge in [-0.1, -0.05) is 6.58 Å². The first kappa shape index (κ1) is 20.8. The zero-order valence-electron chi connectivity index (χ0n) is 16.5. The average Bonchev–Trinajstić information content (AvgIpc) is 3.32. The van der Waals surface area contributed by atoms with Gasteiger partial charge in [0, 0.05) is 40.6 Å². The summed E-state index contributed by atoms with van der Waals surface area (Å²) in [5, 5.41) is 7.64. The Hall–Kier alpha value is -3.91. The summed E-state index contributed by atoms with van der Waals surface area (Å²) >= 11 is 0. The fraction of sp³-hybridized carbons (Fsp3) is 0.136. The Morgan fingerprint density at radius 1 is 1.17 bits per heavy atom. The van der Waals surface area contributed by atoms with Crippen molar-refractivity contribution in [3.05, 3.63) is 69.6 Å². The van der Waals surface area contributed by atoms with Gasteiger partial charge in [0.15, 0.2) is 6.29 Å². The number of aromatic amines is 2. The molecule has 0 aliphatic carbocycles. The molecule has 0 unspecified atom stereocenters. The van der Waals surface area contributed by atoms with E-state index in [1.165, 1.54) is 0 Å². The van der Waals surface area contributed by atoms with Gasteiger partial charge in [0.1, 0.15) is 5.69 Å². The third-order valence-corrected chi connectivity index (χ3v) is 4.45. The van der Waals surface area contributed by atoms with E-state index in [0.717, 1.165) is 10.9 Å². The van der Waals surface area contributed by atoms with Crippen molar-refractivity contribution in [1.82, 2.24) is 20.6 Å². The van der Waals surface area contributed by atoms with Crippen LogP contribution in [0.5, 0.6) is 0 Å². The maximum atomic E-state index is 12.6. The van der Waals surface area contributed by atoms with Crippen molar-refractivity contribution in [3.8, 4) is 0 Å². The first-order chi connectivity index (χ1) is 14.4. The van der Waals surface area contributed by atoms with Gasteiger partial charge in [-0.05, 0) is 54.6 Å². The lowest BCUT2D eigenvalue weighted by Crippen LogP contribution is -2.28. The molecule has 3 aromatic rings. The highest BCUT2D eigenvalue weighted by atomic mass is 16.2. The topological polar surface area (TPSA) is 133 Å². The molecule has 0 saturated carbocycles. The summed E-state index contributed by atoms with van der Waals surface area (Å²) in [4.78, 5) is 41.4. The molecular weight excluding hydrogens is 382 g/mol. The maximum Gasteiger partial charge on any atom is 0.271 e. The number of carbonyl (C=O) groups is 3. The Balaban J connectivity index is 1.75. The molecule has 0 fully saturated rings. The molecule has 3 rings (SSSR count). The van der Waals surface area contributed by atoms with Crippen LogP contribution >= 0.6 is 0 Å². The second-order valence-electron chi connectivity index (χ2n) is 6.78. The molecular formula is C22H23N5O3. The molecule has 0 saturated heterocycles. The molecule has 1 aromatic carbocycles. The van der Waals surface area contributed by atoms with Crippen molar-refractivity contribution in [1.29, 1.82) is 0 Å². The summed E-state index contributed by atoms with van der Waals surface area (Å²) in [6, 6.07) is 8.50. The Morgan fingerprint density at radius 3 is 2.67 bits per heavy atom. The fourth-order valence-corrected chi connectivity index (χ4v) is 2.93. The summed E-state index contributed by atoms with van der Waals surface area (Å²) in [7, 11) is 0. The summed E-state index contributed by atoms with van der Waals surface area (Å²) in [5.41, 5.74) is 8.07. The van der Waals surface area contributed by atoms with E-state index in [1.54, 1.807) is 49.4 Å². The number of benzene rings is 1. The van der Waals surface area contributed by atoms with Gasteiger partial charge in [-0.2, -0.15) is 0 Å². The van der Waals surface area contributed by atoms with Gasteiger partial charge < -0.3 is 26.3 Å². The Bertz CT molecular complexity index is 1250. The van der Waals surface area contributed by atoms with Crippen molar-refractivity contribution in [3.63, 3.8) is 0 Å². The van der Waals surface area contributed by atoms with Crippen LogP contribution in [0.25, 0.3) is 23.6 Å². The number of nitrogens with one attached hydrogen (secondary N) is 4. The largest absolute Gasteiger partial charge is 0.352 e. The van der Waals surface area contributed by atoms with Crippen LogP contribution in [0.3, 0.4) is 0 Å². The smallest absolute Gasteiger partial charge is 0.271 e. The Kier molecular flexibility index (Phi) is 6.29. The van der Waals surface area contributed by atoms with Crippen molar-refractivity contribution < 1.29 is 14.4 Å². The number of hydrogen-bond donors (Lipinski definition) is 5. The summed E-state index contributed by atoms with van der Waals surface area (Å²) in [6.07, 6.45) is 4.17. The summed E-state index contributed by atoms with van der Waals surface area (Å²) in [5.74, 6) is -0.520. The van der Waals surface area contributed by atoms with Crippen LogP contribution in [0.15, 0.2) is 42.1 Å². The normalized spacial score (nSPS) is 12.2. The zero-order chi connectivity index (χ0) is 21.7. The van der Waals surface area contributed by atoms with Crippen molar-refractivity contribution in [2.75, 3.05) is 13.1 Å². The van der Waals surface area contributed by atoms with Crippen molar-refractivity contribution in [2.24, 2.45) is 5.73 Å². The van der Waals surface area contributed by atoms with Crippen LogP contribution in [0, 0.1) is 0 Å². The van der Waals surface area contributed by atoms with Crippen LogP contribution in [0.2, 0.25) is 0 Å². The quantitative estimate of drug-likeness (QED) is 0.367. The van der Waals surface area contributed by atoms with Crippen LogP contribution in [0.1, 0.15) is 38.3 Å². The maximum absolute atomic E-state index is 12.6. The number of rotatable bonds is 7. The van der Waals surface area contributed by atoms with E-state index < -0.39 is 0 Å². The molecule has 0 spiro atoms. The highest BCUT2D eigenvalue weighted by Crippen LogP contribution is 2.17. The number of H-pyrrole nitrogens is 2. The van der Waals surface area contributed by atoms with Gasteiger partial charge in [0.25, 0.3) is 11.8 Å². The van der Waals surface area contributed by atoms with Gasteiger partial charge in [0.05, 0.1) is 5.69 Å². The minimum Gasteiger partial charge on any atom is -0.352 e. The number of hydrogen-bond acceptors (Lipinski definition) is 4. The predicted molar refractivity (Wildman–Crippen MR) is 116 cm³/mol. The zero-order valence-corrected chi connectivity index (χ0v) is 16.5. The van der Waals surface area contributed by atoms with Crippen molar-refractivity contribution in [2.45, 2.75) is 6.92 Å². The fourth-order valence-electron chi connectivity index (χ4n) is 2.93. The lowest BCUT2D eigenvalue weighted by molar-refractivity contribution is 0.0949. The van der Waals surface area contributed by atoms with E-state index in [-0.39, 0.29) is 11.8 Å². The molecule has 6 N–H and O–H groups in total. The standard InChI is InChI=1S/C22H23N5O3/c1-13-9-17(12-28)26-18(13)5-3-14(2)25-22(30)20-11-16-10-15(4-6-19(16)27-20)21(29)24-8-7-23/h3-6,9-12,26-27H,1,7-8,23H2,2H3,(H,24,29)(H,25,30)/b14-3+,18-5+. The first-order valence-corrected chi connectivity index (χ1v) is 9.35. The molecule has 8 heteroatoms. The molecule has 0 aliphatic heterocycles. The Morgan fingerprint density at radius 2 is 1.97 bits per heavy atom. The van der Waals surface area contributed by atoms with Gasteiger partial charge in [-0.25, -0.2) is 0 Å². The predicted octanol–water partition coefficient (Wildman–Crippen LogP) is 0.522. The highest BCUT2D eigenvalue weighted by Gasteiger charge is 2.12. The molecule has 0 atom stereocenters. The molecule has 30 heavy (non-hydrogen) atoms. The third kappa shape index (κ3) is 4.73. The molecule has 2 amide bonds. The van der Waals surface area contributed by atoms with E-state index in [2.05, 4.69) is 27.2 Å². The molecule has 0 radical (unpaired) electrons. The van der Waals surface area contributed by atoms with Gasteiger partial charge in [0.2, 0.25) is 0 Å². The Labute approximate surface area is 172 Å². The average molecular weight is 405 g/mol. The van der Waals surface area contributed by atoms with E-state index in [9.17, 15) is 14.4 Å². The molecule has 0 aliphatic rings. The second-order valence-corrected chi connectivity index (χ2v) is 6.78. The number of amides is 2.